The van der Waals surface area contributed by atoms with E-state index in [1.165, 1.54) is 12.1 Å². The highest BCUT2D eigenvalue weighted by Crippen LogP contribution is 2.17. The van der Waals surface area contributed by atoms with E-state index in [0.717, 1.165) is 11.3 Å². The molecule has 2 aromatic carbocycles. The number of halogens is 1. The monoisotopic (exact) mass is 401 g/mol. The van der Waals surface area contributed by atoms with Crippen LogP contribution in [0.3, 0.4) is 0 Å². The van der Waals surface area contributed by atoms with E-state index >= 15 is 0 Å². The van der Waals surface area contributed by atoms with Gasteiger partial charge in [-0.05, 0) is 49.0 Å². The minimum absolute atomic E-state index is 0.0241. The van der Waals surface area contributed by atoms with Crippen molar-refractivity contribution in [3.05, 3.63) is 81.0 Å². The topological polar surface area (TPSA) is 85.0 Å². The van der Waals surface area contributed by atoms with Gasteiger partial charge in [0.25, 0.3) is 5.69 Å². The first-order chi connectivity index (χ1) is 12.9. The second kappa shape index (κ2) is 8.15. The SMILES string of the molecule is Cc1cc(NC(=S)Nc2ccc([N+](=O)[O-])cc2)nn1Cc1ccc(Cl)cc1. The first-order valence-electron chi connectivity index (χ1n) is 8.02. The van der Waals surface area contributed by atoms with Crippen molar-refractivity contribution in [3.63, 3.8) is 0 Å². The number of non-ortho nitro benzene ring substituents is 1. The molecule has 0 saturated carbocycles. The zero-order valence-electron chi connectivity index (χ0n) is 14.3. The van der Waals surface area contributed by atoms with Crippen molar-refractivity contribution >= 4 is 46.1 Å². The van der Waals surface area contributed by atoms with Crippen molar-refractivity contribution < 1.29 is 4.92 Å². The summed E-state index contributed by atoms with van der Waals surface area (Å²) in [5, 5.41) is 22.2. The Morgan fingerprint density at radius 1 is 1.19 bits per heavy atom. The molecule has 27 heavy (non-hydrogen) atoms. The third kappa shape index (κ3) is 5.02. The van der Waals surface area contributed by atoms with Gasteiger partial charge in [-0.1, -0.05) is 23.7 Å². The van der Waals surface area contributed by atoms with Gasteiger partial charge < -0.3 is 10.6 Å². The van der Waals surface area contributed by atoms with Crippen LogP contribution in [0.15, 0.2) is 54.6 Å². The summed E-state index contributed by atoms with van der Waals surface area (Å²) in [6.45, 7) is 2.58. The fraction of sp³-hybridized carbons (Fsp3) is 0.111. The van der Waals surface area contributed by atoms with E-state index in [2.05, 4.69) is 15.7 Å². The number of anilines is 2. The van der Waals surface area contributed by atoms with Gasteiger partial charge in [-0.15, -0.1) is 0 Å². The minimum atomic E-state index is -0.448. The summed E-state index contributed by atoms with van der Waals surface area (Å²) in [7, 11) is 0. The average Bonchev–Trinajstić information content (AvgIpc) is 2.96. The summed E-state index contributed by atoms with van der Waals surface area (Å²) in [4.78, 5) is 10.2. The number of thiocarbonyl (C=S) groups is 1. The Labute approximate surface area is 166 Å². The van der Waals surface area contributed by atoms with E-state index in [-0.39, 0.29) is 5.69 Å². The molecule has 138 valence electrons. The van der Waals surface area contributed by atoms with Gasteiger partial charge in [-0.25, -0.2) is 0 Å². The first kappa shape index (κ1) is 18.8. The molecule has 1 aromatic heterocycles. The molecule has 0 aliphatic rings. The second-order valence-corrected chi connectivity index (χ2v) is 6.68. The Kier molecular flexibility index (Phi) is 5.68. The van der Waals surface area contributed by atoms with Gasteiger partial charge in [-0.3, -0.25) is 14.8 Å². The number of nitro groups is 1. The number of benzene rings is 2. The van der Waals surface area contributed by atoms with Gasteiger partial charge in [0, 0.05) is 34.6 Å². The van der Waals surface area contributed by atoms with Crippen molar-refractivity contribution in [2.45, 2.75) is 13.5 Å². The summed E-state index contributed by atoms with van der Waals surface area (Å²) >= 11 is 11.2. The molecule has 2 N–H and O–H groups in total. The lowest BCUT2D eigenvalue weighted by Crippen LogP contribution is -2.19. The summed E-state index contributed by atoms with van der Waals surface area (Å²) in [6.07, 6.45) is 0. The van der Waals surface area contributed by atoms with Crippen LogP contribution >= 0.6 is 23.8 Å². The van der Waals surface area contributed by atoms with Crippen LogP contribution < -0.4 is 10.6 Å². The molecule has 3 rings (SSSR count). The summed E-state index contributed by atoms with van der Waals surface area (Å²) in [6, 6.07) is 15.5. The van der Waals surface area contributed by atoms with Gasteiger partial charge in [0.2, 0.25) is 0 Å². The van der Waals surface area contributed by atoms with Crippen LogP contribution in [-0.2, 0) is 6.54 Å². The molecule has 0 amide bonds. The number of nitro benzene ring substituents is 1. The van der Waals surface area contributed by atoms with Crippen LogP contribution in [0.25, 0.3) is 0 Å². The van der Waals surface area contributed by atoms with Crippen molar-refractivity contribution in [3.8, 4) is 0 Å². The van der Waals surface area contributed by atoms with Crippen molar-refractivity contribution in [2.75, 3.05) is 10.6 Å². The molecule has 0 unspecified atom stereocenters. The van der Waals surface area contributed by atoms with Gasteiger partial charge in [0.05, 0.1) is 11.5 Å². The molecule has 0 aliphatic heterocycles. The van der Waals surface area contributed by atoms with Crippen LogP contribution in [-0.4, -0.2) is 19.8 Å². The third-order valence-electron chi connectivity index (χ3n) is 3.80. The zero-order chi connectivity index (χ0) is 19.4. The van der Waals surface area contributed by atoms with Crippen LogP contribution in [0.2, 0.25) is 5.02 Å². The normalized spacial score (nSPS) is 10.4. The number of hydrogen-bond donors (Lipinski definition) is 2. The molecule has 9 heteroatoms. The number of hydrogen-bond acceptors (Lipinski definition) is 4. The maximum atomic E-state index is 10.7. The van der Waals surface area contributed by atoms with Gasteiger partial charge >= 0.3 is 0 Å². The van der Waals surface area contributed by atoms with Crippen molar-refractivity contribution in [1.82, 2.24) is 9.78 Å². The lowest BCUT2D eigenvalue weighted by Gasteiger charge is -2.08. The lowest BCUT2D eigenvalue weighted by molar-refractivity contribution is -0.384. The molecule has 0 aliphatic carbocycles. The zero-order valence-corrected chi connectivity index (χ0v) is 15.9. The fourth-order valence-electron chi connectivity index (χ4n) is 2.44. The van der Waals surface area contributed by atoms with E-state index < -0.39 is 4.92 Å². The smallest absolute Gasteiger partial charge is 0.269 e. The van der Waals surface area contributed by atoms with Crippen LogP contribution in [0.1, 0.15) is 11.3 Å². The Balaban J connectivity index is 1.62. The Morgan fingerprint density at radius 2 is 1.85 bits per heavy atom. The molecular weight excluding hydrogens is 386 g/mol. The second-order valence-electron chi connectivity index (χ2n) is 5.84. The molecule has 0 fully saturated rings. The number of nitrogens with zero attached hydrogens (tertiary/aromatic N) is 3. The molecule has 0 spiro atoms. The van der Waals surface area contributed by atoms with Crippen molar-refractivity contribution in [1.29, 1.82) is 0 Å². The Morgan fingerprint density at radius 3 is 2.48 bits per heavy atom. The maximum Gasteiger partial charge on any atom is 0.269 e. The number of nitrogens with one attached hydrogen (secondary N) is 2. The van der Waals surface area contributed by atoms with E-state index in [9.17, 15) is 10.1 Å². The molecule has 0 saturated heterocycles. The van der Waals surface area contributed by atoms with Gasteiger partial charge in [-0.2, -0.15) is 5.10 Å². The number of aromatic nitrogens is 2. The maximum absolute atomic E-state index is 10.7. The number of rotatable bonds is 5. The minimum Gasteiger partial charge on any atom is -0.332 e. The quantitative estimate of drug-likeness (QED) is 0.369. The standard InChI is InChI=1S/C18H16ClN5O2S/c1-12-10-17(22-23(12)11-13-2-4-14(19)5-3-13)21-18(27)20-15-6-8-16(9-7-15)24(25)26/h2-10H,11H2,1H3,(H2,20,21,22,27). The van der Waals surface area contributed by atoms with Crippen LogP contribution in [0, 0.1) is 17.0 Å². The summed E-state index contributed by atoms with van der Waals surface area (Å²) in [5.41, 5.74) is 2.74. The van der Waals surface area contributed by atoms with E-state index in [1.54, 1.807) is 12.1 Å². The Hall–Kier alpha value is -2.97. The molecule has 0 radical (unpaired) electrons. The molecule has 0 atom stereocenters. The van der Waals surface area contributed by atoms with Gasteiger partial charge in [0.1, 0.15) is 0 Å². The predicted molar refractivity (Wildman–Crippen MR) is 110 cm³/mol. The van der Waals surface area contributed by atoms with E-state index in [1.807, 2.05) is 41.9 Å². The molecular formula is C18H16ClN5O2S. The Bertz CT molecular complexity index is 970. The highest BCUT2D eigenvalue weighted by molar-refractivity contribution is 7.80. The van der Waals surface area contributed by atoms with Crippen molar-refractivity contribution in [2.24, 2.45) is 0 Å². The molecule has 1 heterocycles. The fourth-order valence-corrected chi connectivity index (χ4v) is 2.79. The van der Waals surface area contributed by atoms with E-state index in [4.69, 9.17) is 23.8 Å². The highest BCUT2D eigenvalue weighted by atomic mass is 35.5. The number of aryl methyl sites for hydroxylation is 1. The molecule has 3 aromatic rings. The van der Waals surface area contributed by atoms with Gasteiger partial charge in [0.15, 0.2) is 10.9 Å². The lowest BCUT2D eigenvalue weighted by atomic mass is 10.2. The average molecular weight is 402 g/mol. The molecule has 7 nitrogen and oxygen atoms in total. The largest absolute Gasteiger partial charge is 0.332 e. The van der Waals surface area contributed by atoms with E-state index in [0.29, 0.717) is 28.2 Å². The summed E-state index contributed by atoms with van der Waals surface area (Å²) in [5.74, 6) is 0.612. The predicted octanol–water partition coefficient (Wildman–Crippen LogP) is 4.61. The first-order valence-corrected chi connectivity index (χ1v) is 8.81. The molecule has 0 bridgehead atoms. The van der Waals surface area contributed by atoms with Crippen LogP contribution in [0.5, 0.6) is 0 Å². The highest BCUT2D eigenvalue weighted by Gasteiger charge is 2.08. The van der Waals surface area contributed by atoms with Crippen LogP contribution in [0.4, 0.5) is 17.2 Å². The third-order valence-corrected chi connectivity index (χ3v) is 4.26. The summed E-state index contributed by atoms with van der Waals surface area (Å²) < 4.78 is 1.86.